The van der Waals surface area contributed by atoms with E-state index >= 15 is 0 Å². The Morgan fingerprint density at radius 1 is 1.14 bits per heavy atom. The van der Waals surface area contributed by atoms with Gasteiger partial charge in [0, 0.05) is 13.1 Å². The topological polar surface area (TPSA) is 59.1 Å². The third kappa shape index (κ3) is 3.69. The number of para-hydroxylation sites is 2. The van der Waals surface area contributed by atoms with Crippen molar-refractivity contribution in [1.82, 2.24) is 0 Å². The Bertz CT molecular complexity index is 566. The summed E-state index contributed by atoms with van der Waals surface area (Å²) in [5, 5.41) is 0. The van der Waals surface area contributed by atoms with Crippen LogP contribution in [0.25, 0.3) is 0 Å². The van der Waals surface area contributed by atoms with Crippen LogP contribution in [0.1, 0.15) is 20.8 Å². The third-order valence-corrected chi connectivity index (χ3v) is 3.27. The number of benzene rings is 1. The normalized spacial score (nSPS) is 14.4. The first kappa shape index (κ1) is 16.1. The van der Waals surface area contributed by atoms with Crippen molar-refractivity contribution in [3.8, 4) is 0 Å². The highest BCUT2D eigenvalue weighted by atomic mass is 16.6. The molecular weight excluding hydrogens is 284 g/mol. The van der Waals surface area contributed by atoms with Crippen LogP contribution in [0.5, 0.6) is 0 Å². The van der Waals surface area contributed by atoms with Crippen LogP contribution < -0.4 is 9.80 Å². The molecular formula is C16H22N2O4. The number of hydrogen-bond donors (Lipinski definition) is 0. The number of carbonyl (C=O) groups is 2. The lowest BCUT2D eigenvalue weighted by Gasteiger charge is -2.37. The van der Waals surface area contributed by atoms with Crippen LogP contribution >= 0.6 is 0 Å². The zero-order valence-electron chi connectivity index (χ0n) is 13.5. The molecule has 0 spiro atoms. The van der Waals surface area contributed by atoms with Crippen molar-refractivity contribution in [2.75, 3.05) is 36.5 Å². The van der Waals surface area contributed by atoms with Crippen LogP contribution in [-0.2, 0) is 14.3 Å². The van der Waals surface area contributed by atoms with Gasteiger partial charge in [-0.05, 0) is 32.9 Å². The Morgan fingerprint density at radius 2 is 1.77 bits per heavy atom. The minimum atomic E-state index is -0.546. The fraction of sp³-hybridized carbons (Fsp3) is 0.500. The van der Waals surface area contributed by atoms with E-state index in [1.54, 1.807) is 4.90 Å². The monoisotopic (exact) mass is 306 g/mol. The molecule has 6 heteroatoms. The second kappa shape index (κ2) is 6.25. The van der Waals surface area contributed by atoms with Crippen molar-refractivity contribution >= 4 is 23.4 Å². The fourth-order valence-electron chi connectivity index (χ4n) is 2.31. The number of ether oxygens (including phenoxy) is 2. The molecule has 0 radical (unpaired) electrons. The maximum atomic E-state index is 12.4. The molecule has 1 aromatic rings. The molecule has 6 nitrogen and oxygen atoms in total. The molecule has 22 heavy (non-hydrogen) atoms. The van der Waals surface area contributed by atoms with Crippen molar-refractivity contribution < 1.29 is 19.1 Å². The molecule has 1 aliphatic heterocycles. The number of rotatable bonds is 2. The average Bonchev–Trinajstić information content (AvgIpc) is 2.45. The Balaban J connectivity index is 2.24. The van der Waals surface area contributed by atoms with E-state index in [9.17, 15) is 9.59 Å². The van der Waals surface area contributed by atoms with Gasteiger partial charge >= 0.3 is 12.1 Å². The predicted octanol–water partition coefficient (Wildman–Crippen LogP) is 2.42. The minimum absolute atomic E-state index is 0.162. The second-order valence-corrected chi connectivity index (χ2v) is 6.12. The largest absolute Gasteiger partial charge is 0.468 e. The van der Waals surface area contributed by atoms with Crippen LogP contribution in [0, 0.1) is 0 Å². The van der Waals surface area contributed by atoms with Gasteiger partial charge in [0.2, 0.25) is 0 Å². The van der Waals surface area contributed by atoms with E-state index in [2.05, 4.69) is 0 Å². The number of methoxy groups -OCH3 is 1. The lowest BCUT2D eigenvalue weighted by Crippen LogP contribution is -2.47. The first-order chi connectivity index (χ1) is 10.3. The van der Waals surface area contributed by atoms with Gasteiger partial charge in [0.05, 0.1) is 18.5 Å². The van der Waals surface area contributed by atoms with Crippen LogP contribution in [0.2, 0.25) is 0 Å². The van der Waals surface area contributed by atoms with Gasteiger partial charge in [-0.15, -0.1) is 0 Å². The van der Waals surface area contributed by atoms with E-state index < -0.39 is 5.60 Å². The number of nitrogens with zero attached hydrogens (tertiary/aromatic N) is 2. The van der Waals surface area contributed by atoms with Crippen molar-refractivity contribution in [3.05, 3.63) is 24.3 Å². The molecule has 0 N–H and O–H groups in total. The molecule has 0 bridgehead atoms. The van der Waals surface area contributed by atoms with E-state index in [1.165, 1.54) is 7.11 Å². The Labute approximate surface area is 130 Å². The summed E-state index contributed by atoms with van der Waals surface area (Å²) in [6, 6.07) is 7.47. The maximum Gasteiger partial charge on any atom is 0.414 e. The molecule has 0 aromatic heterocycles. The maximum absolute atomic E-state index is 12.4. The third-order valence-electron chi connectivity index (χ3n) is 3.27. The van der Waals surface area contributed by atoms with Gasteiger partial charge in [-0.25, -0.2) is 4.79 Å². The molecule has 0 fully saturated rings. The molecule has 0 saturated carbocycles. The number of esters is 1. The number of hydrogen-bond acceptors (Lipinski definition) is 5. The highest BCUT2D eigenvalue weighted by Gasteiger charge is 2.30. The highest BCUT2D eigenvalue weighted by molar-refractivity contribution is 5.94. The summed E-state index contributed by atoms with van der Waals surface area (Å²) in [6.45, 7) is 6.68. The number of amides is 1. The molecule has 1 aromatic carbocycles. The predicted molar refractivity (Wildman–Crippen MR) is 84.3 cm³/mol. The van der Waals surface area contributed by atoms with Gasteiger partial charge in [0.25, 0.3) is 0 Å². The van der Waals surface area contributed by atoms with E-state index in [0.29, 0.717) is 13.1 Å². The minimum Gasteiger partial charge on any atom is -0.468 e. The fourth-order valence-corrected chi connectivity index (χ4v) is 2.31. The van der Waals surface area contributed by atoms with E-state index in [-0.39, 0.29) is 18.6 Å². The molecule has 2 rings (SSSR count). The van der Waals surface area contributed by atoms with Crippen LogP contribution in [0.4, 0.5) is 16.2 Å². The Kier molecular flexibility index (Phi) is 4.59. The first-order valence-electron chi connectivity index (χ1n) is 7.23. The molecule has 0 saturated heterocycles. The van der Waals surface area contributed by atoms with Gasteiger partial charge in [0.1, 0.15) is 12.1 Å². The summed E-state index contributed by atoms with van der Waals surface area (Å²) in [4.78, 5) is 27.4. The summed E-state index contributed by atoms with van der Waals surface area (Å²) < 4.78 is 10.2. The molecule has 0 aliphatic carbocycles. The lowest BCUT2D eigenvalue weighted by atomic mass is 10.1. The Morgan fingerprint density at radius 3 is 2.36 bits per heavy atom. The van der Waals surface area contributed by atoms with Crippen LogP contribution in [-0.4, -0.2) is 44.4 Å². The number of anilines is 2. The summed E-state index contributed by atoms with van der Waals surface area (Å²) in [5.41, 5.74) is 1.02. The quantitative estimate of drug-likeness (QED) is 0.785. The zero-order chi connectivity index (χ0) is 16.3. The molecule has 0 unspecified atom stereocenters. The van der Waals surface area contributed by atoms with Crippen molar-refractivity contribution in [3.63, 3.8) is 0 Å². The van der Waals surface area contributed by atoms with Gasteiger partial charge in [-0.2, -0.15) is 0 Å². The zero-order valence-corrected chi connectivity index (χ0v) is 13.5. The number of fused-ring (bicyclic) bond motifs is 1. The van der Waals surface area contributed by atoms with E-state index in [0.717, 1.165) is 11.4 Å². The molecule has 1 aliphatic rings. The smallest absolute Gasteiger partial charge is 0.414 e. The lowest BCUT2D eigenvalue weighted by molar-refractivity contribution is -0.138. The molecule has 120 valence electrons. The number of carbonyl (C=O) groups excluding carboxylic acids is 2. The first-order valence-corrected chi connectivity index (χ1v) is 7.23. The molecule has 1 heterocycles. The average molecular weight is 306 g/mol. The van der Waals surface area contributed by atoms with E-state index in [4.69, 9.17) is 9.47 Å². The van der Waals surface area contributed by atoms with Gasteiger partial charge in [0.15, 0.2) is 0 Å². The van der Waals surface area contributed by atoms with Crippen molar-refractivity contribution in [2.24, 2.45) is 0 Å². The standard InChI is InChI=1S/C16H22N2O4/c1-16(2,3)22-15(20)18-10-9-17(11-14(19)21-4)12-7-5-6-8-13(12)18/h5-8H,9-11H2,1-4H3. The van der Waals surface area contributed by atoms with Crippen LogP contribution in [0.3, 0.4) is 0 Å². The summed E-state index contributed by atoms with van der Waals surface area (Å²) in [5.74, 6) is -0.305. The van der Waals surface area contributed by atoms with Gasteiger partial charge < -0.3 is 14.4 Å². The second-order valence-electron chi connectivity index (χ2n) is 6.12. The van der Waals surface area contributed by atoms with Crippen molar-refractivity contribution in [2.45, 2.75) is 26.4 Å². The summed E-state index contributed by atoms with van der Waals surface area (Å²) >= 11 is 0. The van der Waals surface area contributed by atoms with Crippen molar-refractivity contribution in [1.29, 1.82) is 0 Å². The van der Waals surface area contributed by atoms with Gasteiger partial charge in [-0.3, -0.25) is 9.69 Å². The van der Waals surface area contributed by atoms with Gasteiger partial charge in [-0.1, -0.05) is 12.1 Å². The van der Waals surface area contributed by atoms with Crippen LogP contribution in [0.15, 0.2) is 24.3 Å². The molecule has 1 amide bonds. The van der Waals surface area contributed by atoms with E-state index in [1.807, 2.05) is 49.9 Å². The SMILES string of the molecule is COC(=O)CN1CCN(C(=O)OC(C)(C)C)c2ccccc21. The Hall–Kier alpha value is -2.24. The summed E-state index contributed by atoms with van der Waals surface area (Å²) in [6.07, 6.45) is -0.377. The highest BCUT2D eigenvalue weighted by Crippen LogP contribution is 2.33. The molecule has 0 atom stereocenters. The summed E-state index contributed by atoms with van der Waals surface area (Å²) in [7, 11) is 1.37.